The summed E-state index contributed by atoms with van der Waals surface area (Å²) in [7, 11) is 0.835. The summed E-state index contributed by atoms with van der Waals surface area (Å²) in [5.74, 6) is 0.825. The average Bonchev–Trinajstić information content (AvgIpc) is 3.74. The Bertz CT molecular complexity index is 2340. The molecule has 2 aliphatic carbocycles. The molecule has 0 bridgehead atoms. The Morgan fingerprint density at radius 3 is 1.10 bits per heavy atom. The molecule has 59 heavy (non-hydrogen) atoms. The first-order valence-corrected chi connectivity index (χ1v) is 23.3. The summed E-state index contributed by atoms with van der Waals surface area (Å²) in [6.07, 6.45) is 7.17. The zero-order chi connectivity index (χ0) is 41.6. The Kier molecular flexibility index (Phi) is 11.2. The van der Waals surface area contributed by atoms with E-state index in [2.05, 4.69) is 203 Å². The highest BCUT2D eigenvalue weighted by Crippen LogP contribution is 2.48. The van der Waals surface area contributed by atoms with Gasteiger partial charge < -0.3 is 0 Å². The lowest BCUT2D eigenvalue weighted by Crippen LogP contribution is -2.11. The second kappa shape index (κ2) is 16.2. The van der Waals surface area contributed by atoms with Crippen LogP contribution in [0.2, 0.25) is 12.1 Å². The van der Waals surface area contributed by atoms with E-state index in [1.165, 1.54) is 101 Å². The highest BCUT2D eigenvalue weighted by atomic mass is 28.2. The summed E-state index contributed by atoms with van der Waals surface area (Å²) >= 11 is 0. The topological polar surface area (TPSA) is 0 Å². The zero-order valence-electron chi connectivity index (χ0n) is 37.2. The van der Waals surface area contributed by atoms with Gasteiger partial charge in [-0.05, 0) is 140 Å². The molecule has 0 amide bonds. The molecule has 2 unspecified atom stereocenters. The smallest absolute Gasteiger partial charge is 0.0397 e. The third kappa shape index (κ3) is 8.29. The first-order valence-electron chi connectivity index (χ1n) is 21.9. The standard InChI is InChI=1S/C58H62Si/c1-37-15-11-16-38(2)51(37)31-43-33-53-47(41-23-27-45(28-24-41)57(5,6)7)19-13-21-49(53)55(43)35-59-36-56-44(32-52-39(3)17-12-18-40(52)4)34-54-48(20-14-22-50(54)56)42-25-29-46(30-26-42)58(8,9)10/h11-30,33-34,55-56H,31-32,35-36H2,1-10H3. The molecule has 1 heteroatoms. The lowest BCUT2D eigenvalue weighted by Gasteiger charge is -2.22. The monoisotopic (exact) mass is 786 g/mol. The van der Waals surface area contributed by atoms with Gasteiger partial charge in [-0.15, -0.1) is 0 Å². The molecule has 2 aliphatic rings. The number of rotatable bonds is 10. The van der Waals surface area contributed by atoms with Crippen molar-refractivity contribution in [1.82, 2.24) is 0 Å². The molecule has 0 aromatic heterocycles. The van der Waals surface area contributed by atoms with E-state index in [-0.39, 0.29) is 10.8 Å². The van der Waals surface area contributed by atoms with Crippen LogP contribution in [0.3, 0.4) is 0 Å². The van der Waals surface area contributed by atoms with E-state index >= 15 is 0 Å². The van der Waals surface area contributed by atoms with Crippen LogP contribution in [0.1, 0.15) is 120 Å². The van der Waals surface area contributed by atoms with Crippen molar-refractivity contribution in [3.8, 4) is 22.3 Å². The third-order valence-electron chi connectivity index (χ3n) is 13.5. The number of hydrogen-bond donors (Lipinski definition) is 0. The molecule has 298 valence electrons. The summed E-state index contributed by atoms with van der Waals surface area (Å²) < 4.78 is 0. The number of hydrogen-bond acceptors (Lipinski definition) is 0. The Hall–Kier alpha value is -4.98. The normalized spacial score (nSPS) is 16.2. The van der Waals surface area contributed by atoms with Gasteiger partial charge in [-0.1, -0.05) is 198 Å². The molecular weight excluding hydrogens is 725 g/mol. The van der Waals surface area contributed by atoms with Gasteiger partial charge in [0, 0.05) is 21.4 Å². The van der Waals surface area contributed by atoms with Gasteiger partial charge in [0.05, 0.1) is 0 Å². The fourth-order valence-corrected chi connectivity index (χ4v) is 11.4. The summed E-state index contributed by atoms with van der Waals surface area (Å²) in [6, 6.07) is 48.8. The molecule has 0 spiro atoms. The fourth-order valence-electron chi connectivity index (χ4n) is 9.74. The van der Waals surface area contributed by atoms with Crippen LogP contribution in [0.5, 0.6) is 0 Å². The van der Waals surface area contributed by atoms with Gasteiger partial charge in [-0.3, -0.25) is 0 Å². The van der Waals surface area contributed by atoms with Gasteiger partial charge in [0.15, 0.2) is 0 Å². The number of allylic oxidation sites excluding steroid dienone is 2. The van der Waals surface area contributed by atoms with Crippen molar-refractivity contribution < 1.29 is 0 Å². The second-order valence-corrected chi connectivity index (χ2v) is 20.9. The van der Waals surface area contributed by atoms with Crippen molar-refractivity contribution in [3.05, 3.63) is 199 Å². The van der Waals surface area contributed by atoms with E-state index in [4.69, 9.17) is 0 Å². The maximum atomic E-state index is 2.58. The largest absolute Gasteiger partial charge is 0.0617 e. The van der Waals surface area contributed by atoms with Crippen molar-refractivity contribution >= 4 is 21.7 Å². The molecular formula is C58H62Si. The van der Waals surface area contributed by atoms with Crippen molar-refractivity contribution in [3.63, 3.8) is 0 Å². The van der Waals surface area contributed by atoms with Gasteiger partial charge in [0.25, 0.3) is 0 Å². The molecule has 8 rings (SSSR count). The minimum atomic E-state index is 0.134. The van der Waals surface area contributed by atoms with Gasteiger partial charge in [0.1, 0.15) is 0 Å². The maximum absolute atomic E-state index is 2.58. The predicted octanol–water partition coefficient (Wildman–Crippen LogP) is 15.5. The third-order valence-corrected chi connectivity index (χ3v) is 14.9. The molecule has 2 radical (unpaired) electrons. The van der Waals surface area contributed by atoms with Gasteiger partial charge in [0.2, 0.25) is 0 Å². The molecule has 0 fully saturated rings. The lowest BCUT2D eigenvalue weighted by molar-refractivity contribution is 0.590. The summed E-state index contributed by atoms with van der Waals surface area (Å²) in [4.78, 5) is 0. The van der Waals surface area contributed by atoms with Crippen molar-refractivity contribution in [2.24, 2.45) is 0 Å². The zero-order valence-corrected chi connectivity index (χ0v) is 38.2. The molecule has 0 aliphatic heterocycles. The van der Waals surface area contributed by atoms with Crippen LogP contribution in [0.25, 0.3) is 34.4 Å². The molecule has 0 nitrogen and oxygen atoms in total. The van der Waals surface area contributed by atoms with Crippen molar-refractivity contribution in [2.75, 3.05) is 0 Å². The highest BCUT2D eigenvalue weighted by Gasteiger charge is 2.31. The number of aryl methyl sites for hydroxylation is 4. The quantitative estimate of drug-likeness (QED) is 0.121. The van der Waals surface area contributed by atoms with Crippen LogP contribution >= 0.6 is 0 Å². The first-order chi connectivity index (χ1) is 28.2. The molecule has 0 saturated heterocycles. The second-order valence-electron chi connectivity index (χ2n) is 19.6. The van der Waals surface area contributed by atoms with E-state index in [9.17, 15) is 0 Å². The SMILES string of the molecule is Cc1cccc(C)c1CC1=Cc2c(-c3ccc(C(C)(C)C)cc3)cccc2C1C[Si]CC1C(Cc2c(C)cccc2C)=Cc2c(-c3ccc(C(C)(C)C)cc3)cccc21. The molecule has 6 aromatic carbocycles. The fraction of sp³-hybridized carbons (Fsp3) is 0.310. The lowest BCUT2D eigenvalue weighted by atomic mass is 9.85. The van der Waals surface area contributed by atoms with E-state index < -0.39 is 0 Å². The molecule has 0 N–H and O–H groups in total. The van der Waals surface area contributed by atoms with E-state index in [1.54, 1.807) is 11.1 Å². The van der Waals surface area contributed by atoms with Crippen LogP contribution in [-0.4, -0.2) is 9.52 Å². The Balaban J connectivity index is 1.13. The summed E-state index contributed by atoms with van der Waals surface area (Å²) in [5.41, 5.74) is 26.0. The van der Waals surface area contributed by atoms with Gasteiger partial charge in [-0.25, -0.2) is 0 Å². The van der Waals surface area contributed by atoms with Crippen molar-refractivity contribution in [1.29, 1.82) is 0 Å². The predicted molar refractivity (Wildman–Crippen MR) is 257 cm³/mol. The first kappa shape index (κ1) is 40.8. The number of fused-ring (bicyclic) bond motifs is 2. The van der Waals surface area contributed by atoms with Crippen LogP contribution < -0.4 is 0 Å². The van der Waals surface area contributed by atoms with Crippen LogP contribution in [0.15, 0.2) is 132 Å². The van der Waals surface area contributed by atoms with Gasteiger partial charge >= 0.3 is 0 Å². The minimum absolute atomic E-state index is 0.134. The molecule has 0 saturated carbocycles. The highest BCUT2D eigenvalue weighted by molar-refractivity contribution is 6.36. The van der Waals surface area contributed by atoms with Crippen LogP contribution in [0.4, 0.5) is 0 Å². The Morgan fingerprint density at radius 2 is 0.763 bits per heavy atom. The van der Waals surface area contributed by atoms with Gasteiger partial charge in [-0.2, -0.15) is 0 Å². The summed E-state index contributed by atoms with van der Waals surface area (Å²) in [5, 5.41) is 0. The van der Waals surface area contributed by atoms with Crippen LogP contribution in [-0.2, 0) is 23.7 Å². The van der Waals surface area contributed by atoms with E-state index in [0.717, 1.165) is 22.4 Å². The average molecular weight is 787 g/mol. The van der Waals surface area contributed by atoms with Crippen molar-refractivity contribution in [2.45, 2.75) is 117 Å². The number of benzene rings is 6. The van der Waals surface area contributed by atoms with E-state index in [0.29, 0.717) is 11.8 Å². The molecule has 0 heterocycles. The van der Waals surface area contributed by atoms with E-state index in [1.807, 2.05) is 0 Å². The molecule has 6 aromatic rings. The van der Waals surface area contributed by atoms with Crippen LogP contribution in [0, 0.1) is 27.7 Å². The Morgan fingerprint density at radius 1 is 0.424 bits per heavy atom. The summed E-state index contributed by atoms with van der Waals surface area (Å²) in [6.45, 7) is 23.0. The maximum Gasteiger partial charge on any atom is 0.0397 e. The molecule has 2 atom stereocenters. The Labute approximate surface area is 358 Å². The minimum Gasteiger partial charge on any atom is -0.0617 e.